The van der Waals surface area contributed by atoms with E-state index in [1.807, 2.05) is 4.90 Å². The smallest absolute Gasteiger partial charge is 0.407 e. The van der Waals surface area contributed by atoms with Crippen LogP contribution in [-0.4, -0.2) is 76.1 Å². The minimum atomic E-state index is -0.769. The van der Waals surface area contributed by atoms with Crippen LogP contribution < -0.4 is 0 Å². The molecule has 2 saturated heterocycles. The predicted octanol–water partition coefficient (Wildman–Crippen LogP) is 2.24. The Morgan fingerprint density at radius 3 is 2.25 bits per heavy atom. The molecule has 0 aromatic heterocycles. The molecule has 6 heteroatoms. The van der Waals surface area contributed by atoms with Crippen LogP contribution in [0.25, 0.3) is 0 Å². The van der Waals surface area contributed by atoms with Crippen LogP contribution in [0.3, 0.4) is 0 Å². The standard InChI is InChI=1S/C18H31N3O3/c1-13(2)21(14(3)22)15-4-7-19(8-5-15)16-10-18(11-16)6-9-20(12-18)17(23)24/h13,15-16H,4-12H2,1-3H3,(H,23,24). The van der Waals surface area contributed by atoms with E-state index in [1.54, 1.807) is 11.8 Å². The molecule has 3 aliphatic rings. The highest BCUT2D eigenvalue weighted by Crippen LogP contribution is 2.50. The van der Waals surface area contributed by atoms with Gasteiger partial charge in [-0.15, -0.1) is 0 Å². The minimum absolute atomic E-state index is 0.186. The van der Waals surface area contributed by atoms with Crippen LogP contribution in [-0.2, 0) is 4.79 Å². The quantitative estimate of drug-likeness (QED) is 0.858. The Morgan fingerprint density at radius 2 is 1.79 bits per heavy atom. The number of rotatable bonds is 3. The molecule has 0 aromatic carbocycles. The van der Waals surface area contributed by atoms with Gasteiger partial charge in [0.05, 0.1) is 0 Å². The van der Waals surface area contributed by atoms with Gasteiger partial charge < -0.3 is 19.8 Å². The second-order valence-electron chi connectivity index (χ2n) is 8.30. The van der Waals surface area contributed by atoms with Gasteiger partial charge in [0.15, 0.2) is 0 Å². The number of piperidine rings is 1. The molecule has 1 saturated carbocycles. The first-order valence-corrected chi connectivity index (χ1v) is 9.32. The lowest BCUT2D eigenvalue weighted by Gasteiger charge is -2.52. The summed E-state index contributed by atoms with van der Waals surface area (Å²) in [4.78, 5) is 29.2. The highest BCUT2D eigenvalue weighted by atomic mass is 16.4. The molecule has 3 rings (SSSR count). The van der Waals surface area contributed by atoms with Gasteiger partial charge in [0, 0.05) is 51.2 Å². The predicted molar refractivity (Wildman–Crippen MR) is 91.9 cm³/mol. The summed E-state index contributed by atoms with van der Waals surface area (Å²) in [6, 6.07) is 1.26. The monoisotopic (exact) mass is 337 g/mol. The van der Waals surface area contributed by atoms with E-state index >= 15 is 0 Å². The molecule has 1 aliphatic carbocycles. The number of likely N-dealkylation sites (tertiary alicyclic amines) is 2. The Balaban J connectivity index is 1.47. The normalized spacial score (nSPS) is 31.5. The maximum absolute atomic E-state index is 11.9. The van der Waals surface area contributed by atoms with E-state index < -0.39 is 6.09 Å². The number of carboxylic acid groups (broad SMARTS) is 1. The summed E-state index contributed by atoms with van der Waals surface area (Å²) in [5.74, 6) is 0.186. The van der Waals surface area contributed by atoms with Crippen molar-refractivity contribution in [3.8, 4) is 0 Å². The zero-order chi connectivity index (χ0) is 17.5. The van der Waals surface area contributed by atoms with Crippen molar-refractivity contribution in [3.05, 3.63) is 0 Å². The Bertz CT molecular complexity index is 494. The van der Waals surface area contributed by atoms with Gasteiger partial charge in [-0.05, 0) is 51.4 Å². The third-order valence-corrected chi connectivity index (χ3v) is 6.37. The Morgan fingerprint density at radius 1 is 1.17 bits per heavy atom. The summed E-state index contributed by atoms with van der Waals surface area (Å²) < 4.78 is 0. The molecule has 3 fully saturated rings. The van der Waals surface area contributed by atoms with Crippen LogP contribution in [0.5, 0.6) is 0 Å². The van der Waals surface area contributed by atoms with E-state index in [0.29, 0.717) is 18.6 Å². The fraction of sp³-hybridized carbons (Fsp3) is 0.889. The van der Waals surface area contributed by atoms with Crippen molar-refractivity contribution in [2.45, 2.75) is 71.0 Å². The molecule has 6 nitrogen and oxygen atoms in total. The molecule has 2 aliphatic heterocycles. The van der Waals surface area contributed by atoms with Gasteiger partial charge in [0.1, 0.15) is 0 Å². The van der Waals surface area contributed by atoms with Gasteiger partial charge in [-0.1, -0.05) is 0 Å². The van der Waals surface area contributed by atoms with E-state index in [0.717, 1.165) is 51.7 Å². The molecule has 0 radical (unpaired) electrons. The molecule has 1 spiro atoms. The second-order valence-corrected chi connectivity index (χ2v) is 8.30. The number of amides is 2. The zero-order valence-corrected chi connectivity index (χ0v) is 15.2. The number of carbonyl (C=O) groups is 2. The summed E-state index contributed by atoms with van der Waals surface area (Å²) in [5, 5.41) is 9.13. The van der Waals surface area contributed by atoms with Crippen LogP contribution >= 0.6 is 0 Å². The maximum Gasteiger partial charge on any atom is 0.407 e. The number of hydrogen-bond acceptors (Lipinski definition) is 3. The van der Waals surface area contributed by atoms with Gasteiger partial charge in [-0.25, -0.2) is 4.79 Å². The van der Waals surface area contributed by atoms with Gasteiger partial charge in [0.25, 0.3) is 0 Å². The average Bonchev–Trinajstić information content (AvgIpc) is 2.91. The number of nitrogens with zero attached hydrogens (tertiary/aromatic N) is 3. The van der Waals surface area contributed by atoms with E-state index in [-0.39, 0.29) is 17.4 Å². The molecular formula is C18H31N3O3. The topological polar surface area (TPSA) is 64.1 Å². The van der Waals surface area contributed by atoms with Crippen molar-refractivity contribution >= 4 is 12.0 Å². The van der Waals surface area contributed by atoms with E-state index in [1.165, 1.54) is 0 Å². The molecule has 0 bridgehead atoms. The zero-order valence-electron chi connectivity index (χ0n) is 15.2. The lowest BCUT2D eigenvalue weighted by Crippen LogP contribution is -2.57. The molecule has 2 heterocycles. The highest BCUT2D eigenvalue weighted by Gasteiger charge is 2.51. The Kier molecular flexibility index (Phi) is 4.78. The van der Waals surface area contributed by atoms with E-state index in [9.17, 15) is 9.59 Å². The van der Waals surface area contributed by atoms with Gasteiger partial charge >= 0.3 is 6.09 Å². The lowest BCUT2D eigenvalue weighted by molar-refractivity contribution is -0.134. The van der Waals surface area contributed by atoms with Crippen molar-refractivity contribution in [3.63, 3.8) is 0 Å². The van der Waals surface area contributed by atoms with Crippen LogP contribution in [0.2, 0.25) is 0 Å². The van der Waals surface area contributed by atoms with Gasteiger partial charge in [-0.3, -0.25) is 4.79 Å². The fourth-order valence-corrected chi connectivity index (χ4v) is 5.20. The first-order chi connectivity index (χ1) is 11.3. The summed E-state index contributed by atoms with van der Waals surface area (Å²) in [6.07, 6.45) is 4.65. The van der Waals surface area contributed by atoms with E-state index in [4.69, 9.17) is 5.11 Å². The third kappa shape index (κ3) is 3.25. The molecule has 0 unspecified atom stereocenters. The second kappa shape index (κ2) is 6.54. The average molecular weight is 337 g/mol. The molecular weight excluding hydrogens is 306 g/mol. The summed E-state index contributed by atoms with van der Waals surface area (Å²) in [7, 11) is 0. The van der Waals surface area contributed by atoms with E-state index in [2.05, 4.69) is 18.7 Å². The molecule has 136 valence electrons. The first kappa shape index (κ1) is 17.5. The molecule has 2 amide bonds. The van der Waals surface area contributed by atoms with Crippen molar-refractivity contribution in [2.75, 3.05) is 26.2 Å². The Labute approximate surface area is 144 Å². The number of hydrogen-bond donors (Lipinski definition) is 1. The number of carbonyl (C=O) groups excluding carboxylic acids is 1. The molecule has 0 atom stereocenters. The summed E-state index contributed by atoms with van der Waals surface area (Å²) >= 11 is 0. The van der Waals surface area contributed by atoms with Crippen LogP contribution in [0, 0.1) is 5.41 Å². The molecule has 1 N–H and O–H groups in total. The van der Waals surface area contributed by atoms with Gasteiger partial charge in [-0.2, -0.15) is 0 Å². The minimum Gasteiger partial charge on any atom is -0.465 e. The SMILES string of the molecule is CC(=O)N(C(C)C)C1CCN(C2CC3(CCN(C(=O)O)C3)C2)CC1. The maximum atomic E-state index is 11.9. The largest absolute Gasteiger partial charge is 0.465 e. The van der Waals surface area contributed by atoms with Crippen molar-refractivity contribution in [1.82, 2.24) is 14.7 Å². The molecule has 24 heavy (non-hydrogen) atoms. The third-order valence-electron chi connectivity index (χ3n) is 6.37. The first-order valence-electron chi connectivity index (χ1n) is 9.32. The highest BCUT2D eigenvalue weighted by molar-refractivity contribution is 5.74. The van der Waals surface area contributed by atoms with Crippen molar-refractivity contribution in [1.29, 1.82) is 0 Å². The lowest BCUT2D eigenvalue weighted by atomic mass is 9.64. The van der Waals surface area contributed by atoms with Crippen molar-refractivity contribution in [2.24, 2.45) is 5.41 Å². The molecule has 0 aromatic rings. The van der Waals surface area contributed by atoms with Crippen LogP contribution in [0.15, 0.2) is 0 Å². The van der Waals surface area contributed by atoms with Crippen LogP contribution in [0.4, 0.5) is 4.79 Å². The van der Waals surface area contributed by atoms with Gasteiger partial charge in [0.2, 0.25) is 5.91 Å². The van der Waals surface area contributed by atoms with Crippen molar-refractivity contribution < 1.29 is 14.7 Å². The summed E-state index contributed by atoms with van der Waals surface area (Å²) in [6.45, 7) is 9.41. The summed E-state index contributed by atoms with van der Waals surface area (Å²) in [5.41, 5.74) is 0.253. The Hall–Kier alpha value is -1.30. The fourth-order valence-electron chi connectivity index (χ4n) is 5.20. The van der Waals surface area contributed by atoms with Crippen LogP contribution in [0.1, 0.15) is 52.9 Å².